The van der Waals surface area contributed by atoms with E-state index in [0.717, 1.165) is 11.3 Å². The summed E-state index contributed by atoms with van der Waals surface area (Å²) in [6.45, 7) is 0.609. The molecule has 1 heterocycles. The lowest BCUT2D eigenvalue weighted by atomic mass is 10.1. The summed E-state index contributed by atoms with van der Waals surface area (Å²) < 4.78 is 0. The van der Waals surface area contributed by atoms with E-state index in [4.69, 9.17) is 5.73 Å². The van der Waals surface area contributed by atoms with Gasteiger partial charge < -0.3 is 11.1 Å². The summed E-state index contributed by atoms with van der Waals surface area (Å²) in [5.74, 6) is -0.431. The number of aromatic nitrogens is 1. The molecule has 1 amide bonds. The fourth-order valence-electron chi connectivity index (χ4n) is 1.55. The van der Waals surface area contributed by atoms with Crippen molar-refractivity contribution in [1.82, 2.24) is 4.98 Å². The van der Waals surface area contributed by atoms with E-state index in [1.807, 2.05) is 24.3 Å². The van der Waals surface area contributed by atoms with Crippen LogP contribution in [0.15, 0.2) is 48.8 Å². The van der Waals surface area contributed by atoms with Gasteiger partial charge in [0.15, 0.2) is 0 Å². The van der Waals surface area contributed by atoms with E-state index >= 15 is 0 Å². The molecule has 0 bridgehead atoms. The average Bonchev–Trinajstić information content (AvgIpc) is 2.38. The fourth-order valence-corrected chi connectivity index (χ4v) is 1.55. The highest BCUT2D eigenvalue weighted by Gasteiger charge is 2.06. The molecule has 0 atom stereocenters. The molecule has 3 N–H and O–H groups in total. The smallest absolute Gasteiger partial charge is 0.250 e. The van der Waals surface area contributed by atoms with Crippen molar-refractivity contribution in [2.75, 3.05) is 5.32 Å². The summed E-state index contributed by atoms with van der Waals surface area (Å²) in [7, 11) is 0. The van der Waals surface area contributed by atoms with Gasteiger partial charge in [-0.1, -0.05) is 18.2 Å². The zero-order valence-corrected chi connectivity index (χ0v) is 9.26. The molecule has 17 heavy (non-hydrogen) atoms. The van der Waals surface area contributed by atoms with Gasteiger partial charge in [0, 0.05) is 24.6 Å². The van der Waals surface area contributed by atoms with Crippen LogP contribution in [0.25, 0.3) is 0 Å². The normalized spacial score (nSPS) is 9.88. The Bertz CT molecular complexity index is 511. The lowest BCUT2D eigenvalue weighted by Gasteiger charge is -2.09. The molecular weight excluding hydrogens is 214 g/mol. The molecule has 0 aliphatic heterocycles. The molecule has 0 aliphatic rings. The van der Waals surface area contributed by atoms with Crippen LogP contribution < -0.4 is 11.1 Å². The first-order valence-corrected chi connectivity index (χ1v) is 5.29. The number of hydrogen-bond acceptors (Lipinski definition) is 3. The summed E-state index contributed by atoms with van der Waals surface area (Å²) in [6, 6.07) is 11.0. The van der Waals surface area contributed by atoms with Crippen LogP contribution >= 0.6 is 0 Å². The molecule has 0 fully saturated rings. The quantitative estimate of drug-likeness (QED) is 0.836. The first kappa shape index (κ1) is 11.1. The minimum absolute atomic E-state index is 0.431. The molecule has 2 rings (SSSR count). The van der Waals surface area contributed by atoms with E-state index in [2.05, 4.69) is 10.3 Å². The number of primary amides is 1. The van der Waals surface area contributed by atoms with Crippen molar-refractivity contribution in [3.05, 3.63) is 59.9 Å². The van der Waals surface area contributed by atoms with Gasteiger partial charge in [-0.25, -0.2) is 0 Å². The lowest BCUT2D eigenvalue weighted by molar-refractivity contribution is 0.100. The van der Waals surface area contributed by atoms with Gasteiger partial charge in [0.25, 0.3) is 5.91 Å². The Morgan fingerprint density at radius 2 is 2.06 bits per heavy atom. The largest absolute Gasteiger partial charge is 0.380 e. The van der Waals surface area contributed by atoms with E-state index in [9.17, 15) is 4.79 Å². The number of carbonyl (C=O) groups excluding carboxylic acids is 1. The molecule has 86 valence electrons. The molecule has 2 aromatic rings. The first-order chi connectivity index (χ1) is 8.27. The van der Waals surface area contributed by atoms with Crippen LogP contribution in [0.2, 0.25) is 0 Å². The summed E-state index contributed by atoms with van der Waals surface area (Å²) in [5, 5.41) is 3.17. The van der Waals surface area contributed by atoms with E-state index in [1.54, 1.807) is 24.5 Å². The van der Waals surface area contributed by atoms with Crippen molar-refractivity contribution in [3.63, 3.8) is 0 Å². The van der Waals surface area contributed by atoms with Crippen molar-refractivity contribution in [1.29, 1.82) is 0 Å². The Balaban J connectivity index is 2.12. The number of nitrogens with zero attached hydrogens (tertiary/aromatic N) is 1. The first-order valence-electron chi connectivity index (χ1n) is 5.29. The van der Waals surface area contributed by atoms with Crippen molar-refractivity contribution in [2.24, 2.45) is 5.73 Å². The third-order valence-electron chi connectivity index (χ3n) is 2.40. The maximum Gasteiger partial charge on any atom is 0.250 e. The summed E-state index contributed by atoms with van der Waals surface area (Å²) in [6.07, 6.45) is 3.50. The van der Waals surface area contributed by atoms with Crippen molar-refractivity contribution < 1.29 is 4.79 Å². The zero-order valence-electron chi connectivity index (χ0n) is 9.26. The number of para-hydroxylation sites is 1. The van der Waals surface area contributed by atoms with Gasteiger partial charge in [-0.15, -0.1) is 0 Å². The van der Waals surface area contributed by atoms with E-state index < -0.39 is 5.91 Å². The minimum atomic E-state index is -0.431. The maximum atomic E-state index is 11.2. The van der Waals surface area contributed by atoms with Crippen LogP contribution in [0, 0.1) is 0 Å². The third-order valence-corrected chi connectivity index (χ3v) is 2.40. The van der Waals surface area contributed by atoms with Crippen molar-refractivity contribution >= 4 is 11.6 Å². The summed E-state index contributed by atoms with van der Waals surface area (Å²) in [5.41, 5.74) is 7.58. The van der Waals surface area contributed by atoms with Crippen LogP contribution in [0.5, 0.6) is 0 Å². The topological polar surface area (TPSA) is 68.0 Å². The molecule has 1 aromatic carbocycles. The zero-order chi connectivity index (χ0) is 12.1. The Morgan fingerprint density at radius 3 is 2.76 bits per heavy atom. The van der Waals surface area contributed by atoms with Gasteiger partial charge in [0.2, 0.25) is 0 Å². The minimum Gasteiger partial charge on any atom is -0.380 e. The third kappa shape index (κ3) is 2.81. The maximum absolute atomic E-state index is 11.2. The predicted molar refractivity (Wildman–Crippen MR) is 66.5 cm³/mol. The molecule has 4 heteroatoms. The molecule has 0 saturated carbocycles. The molecule has 1 aromatic heterocycles. The molecule has 0 unspecified atom stereocenters. The van der Waals surface area contributed by atoms with Crippen molar-refractivity contribution in [3.8, 4) is 0 Å². The molecule has 0 spiro atoms. The summed E-state index contributed by atoms with van der Waals surface area (Å²) >= 11 is 0. The number of rotatable bonds is 4. The van der Waals surface area contributed by atoms with E-state index in [0.29, 0.717) is 12.1 Å². The van der Waals surface area contributed by atoms with Crippen LogP contribution in [-0.2, 0) is 6.54 Å². The predicted octanol–water partition coefficient (Wildman–Crippen LogP) is 1.79. The van der Waals surface area contributed by atoms with Crippen LogP contribution in [-0.4, -0.2) is 10.9 Å². The Labute approximate surface area is 99.5 Å². The lowest BCUT2D eigenvalue weighted by Crippen LogP contribution is -2.14. The van der Waals surface area contributed by atoms with Gasteiger partial charge >= 0.3 is 0 Å². The highest BCUT2D eigenvalue weighted by atomic mass is 16.1. The number of hydrogen-bond donors (Lipinski definition) is 2. The second-order valence-corrected chi connectivity index (χ2v) is 3.62. The van der Waals surface area contributed by atoms with Crippen LogP contribution in [0.4, 0.5) is 5.69 Å². The van der Waals surface area contributed by atoms with Crippen LogP contribution in [0.1, 0.15) is 15.9 Å². The molecular formula is C13H13N3O. The molecule has 4 nitrogen and oxygen atoms in total. The second-order valence-electron chi connectivity index (χ2n) is 3.62. The second kappa shape index (κ2) is 5.12. The van der Waals surface area contributed by atoms with Crippen LogP contribution in [0.3, 0.4) is 0 Å². The number of pyridine rings is 1. The number of nitrogens with two attached hydrogens (primary N) is 1. The van der Waals surface area contributed by atoms with E-state index in [-0.39, 0.29) is 0 Å². The SMILES string of the molecule is NC(=O)c1ccccc1NCc1cccnc1. The monoisotopic (exact) mass is 227 g/mol. The standard InChI is InChI=1S/C13H13N3O/c14-13(17)11-5-1-2-6-12(11)16-9-10-4-3-7-15-8-10/h1-8,16H,9H2,(H2,14,17). The van der Waals surface area contributed by atoms with Gasteiger partial charge in [0.1, 0.15) is 0 Å². The number of carbonyl (C=O) groups is 1. The molecule has 0 saturated heterocycles. The Kier molecular flexibility index (Phi) is 3.35. The number of amides is 1. The van der Waals surface area contributed by atoms with Gasteiger partial charge in [0.05, 0.1) is 5.56 Å². The Hall–Kier alpha value is -2.36. The highest BCUT2D eigenvalue weighted by molar-refractivity contribution is 5.98. The molecule has 0 radical (unpaired) electrons. The van der Waals surface area contributed by atoms with E-state index in [1.165, 1.54) is 0 Å². The summed E-state index contributed by atoms with van der Waals surface area (Å²) in [4.78, 5) is 15.2. The van der Waals surface area contributed by atoms with Gasteiger partial charge in [-0.2, -0.15) is 0 Å². The highest BCUT2D eigenvalue weighted by Crippen LogP contribution is 2.15. The fraction of sp³-hybridized carbons (Fsp3) is 0.0769. The number of benzene rings is 1. The number of anilines is 1. The Morgan fingerprint density at radius 1 is 1.24 bits per heavy atom. The number of nitrogens with one attached hydrogen (secondary N) is 1. The molecule has 0 aliphatic carbocycles. The van der Waals surface area contributed by atoms with Gasteiger partial charge in [-0.3, -0.25) is 9.78 Å². The van der Waals surface area contributed by atoms with Crippen molar-refractivity contribution in [2.45, 2.75) is 6.54 Å². The average molecular weight is 227 g/mol. The van der Waals surface area contributed by atoms with Gasteiger partial charge in [-0.05, 0) is 23.8 Å².